The van der Waals surface area contributed by atoms with E-state index >= 15 is 0 Å². The van der Waals surface area contributed by atoms with Crippen molar-refractivity contribution in [3.05, 3.63) is 53.6 Å². The normalized spacial score (nSPS) is 12.1. The second-order valence-corrected chi connectivity index (χ2v) is 6.80. The van der Waals surface area contributed by atoms with Crippen LogP contribution in [0, 0.1) is 0 Å². The van der Waals surface area contributed by atoms with Crippen molar-refractivity contribution in [1.82, 2.24) is 9.55 Å². The molecule has 1 aromatic heterocycles. The second kappa shape index (κ2) is 9.63. The molecule has 0 aliphatic heterocycles. The molecule has 0 amide bonds. The molecular weight excluding hydrogens is 332 g/mol. The molecule has 0 radical (unpaired) electrons. The van der Waals surface area contributed by atoms with Crippen LogP contribution in [-0.2, 0) is 11.3 Å². The Morgan fingerprint density at radius 2 is 2.13 bits per heavy atom. The largest absolute Gasteiger partial charge is 0.458 e. The van der Waals surface area contributed by atoms with Crippen molar-refractivity contribution in [3.63, 3.8) is 0 Å². The van der Waals surface area contributed by atoms with E-state index in [-0.39, 0.29) is 10.6 Å². The number of carbonyl (C=O) groups excluding carboxylic acids is 1. The van der Waals surface area contributed by atoms with Gasteiger partial charge < -0.3 is 9.30 Å². The summed E-state index contributed by atoms with van der Waals surface area (Å²) in [7, 11) is 0. The molecule has 1 unspecified atom stereocenters. The van der Waals surface area contributed by atoms with Gasteiger partial charge in [0.25, 0.3) is 0 Å². The fraction of sp³-hybridized carbons (Fsp3) is 0.412. The maximum Gasteiger partial charge on any atom is 0.367 e. The number of thioether (sulfide) groups is 1. The Labute approximate surface area is 146 Å². The average molecular weight is 353 g/mol. The van der Waals surface area contributed by atoms with Crippen molar-refractivity contribution in [2.24, 2.45) is 0 Å². The molecule has 0 saturated heterocycles. The summed E-state index contributed by atoms with van der Waals surface area (Å²) in [5.41, 5.74) is 1.04. The summed E-state index contributed by atoms with van der Waals surface area (Å²) in [6.45, 7) is 3.26. The fourth-order valence-corrected chi connectivity index (χ4v) is 3.18. The Morgan fingerprint density at radius 1 is 1.35 bits per heavy atom. The highest BCUT2D eigenvalue weighted by Crippen LogP contribution is 2.32. The van der Waals surface area contributed by atoms with Crippen molar-refractivity contribution in [1.29, 1.82) is 0 Å². The van der Waals surface area contributed by atoms with Gasteiger partial charge in [-0.05, 0) is 35.9 Å². The van der Waals surface area contributed by atoms with E-state index in [0.29, 0.717) is 18.2 Å². The van der Waals surface area contributed by atoms with Crippen molar-refractivity contribution < 1.29 is 9.53 Å². The lowest BCUT2D eigenvalue weighted by Crippen LogP contribution is -2.09. The first-order chi connectivity index (χ1) is 11.2. The fourth-order valence-electron chi connectivity index (χ4n) is 2.13. The lowest BCUT2D eigenvalue weighted by molar-refractivity contribution is 0.172. The molecule has 0 aliphatic rings. The molecule has 1 aromatic carbocycles. The average Bonchev–Trinajstić information content (AvgIpc) is 3.05. The number of nitrogens with zero attached hydrogens (tertiary/aromatic N) is 2. The minimum absolute atomic E-state index is 0.0415. The topological polar surface area (TPSA) is 44.1 Å². The predicted octanol–water partition coefficient (Wildman–Crippen LogP) is 5.34. The van der Waals surface area contributed by atoms with E-state index in [1.54, 1.807) is 12.5 Å². The SMILES string of the molecule is CCCCCOC(=O)SC(Cn1ccnc1)c1ccc(Cl)cc1. The lowest BCUT2D eigenvalue weighted by Gasteiger charge is -2.17. The highest BCUT2D eigenvalue weighted by molar-refractivity contribution is 8.13. The third-order valence-corrected chi connectivity index (χ3v) is 4.65. The van der Waals surface area contributed by atoms with Crippen LogP contribution < -0.4 is 0 Å². The number of hydrogen-bond acceptors (Lipinski definition) is 4. The summed E-state index contributed by atoms with van der Waals surface area (Å²) < 4.78 is 7.27. The minimum atomic E-state index is -0.235. The summed E-state index contributed by atoms with van der Waals surface area (Å²) in [4.78, 5) is 16.1. The van der Waals surface area contributed by atoms with Gasteiger partial charge in [0.15, 0.2) is 0 Å². The number of halogens is 1. The molecule has 1 atom stereocenters. The number of imidazole rings is 1. The van der Waals surface area contributed by atoms with E-state index < -0.39 is 0 Å². The van der Waals surface area contributed by atoms with E-state index in [1.807, 2.05) is 35.0 Å². The van der Waals surface area contributed by atoms with Gasteiger partial charge in [-0.3, -0.25) is 0 Å². The van der Waals surface area contributed by atoms with Crippen LogP contribution in [0.15, 0.2) is 43.0 Å². The summed E-state index contributed by atoms with van der Waals surface area (Å²) in [5.74, 6) is 0. The third kappa shape index (κ3) is 6.28. The first-order valence-corrected chi connectivity index (χ1v) is 8.99. The lowest BCUT2D eigenvalue weighted by atomic mass is 10.1. The van der Waals surface area contributed by atoms with Gasteiger partial charge in [-0.1, -0.05) is 43.5 Å². The quantitative estimate of drug-likeness (QED) is 0.475. The minimum Gasteiger partial charge on any atom is -0.458 e. The van der Waals surface area contributed by atoms with Crippen LogP contribution in [0.4, 0.5) is 4.79 Å². The molecule has 0 N–H and O–H groups in total. The number of hydrogen-bond donors (Lipinski definition) is 0. The van der Waals surface area contributed by atoms with Crippen molar-refractivity contribution in [3.8, 4) is 0 Å². The molecule has 124 valence electrons. The number of aromatic nitrogens is 2. The van der Waals surface area contributed by atoms with Gasteiger partial charge in [0, 0.05) is 24.0 Å². The molecule has 0 bridgehead atoms. The Morgan fingerprint density at radius 3 is 2.78 bits per heavy atom. The van der Waals surface area contributed by atoms with Crippen molar-refractivity contribution in [2.75, 3.05) is 6.61 Å². The van der Waals surface area contributed by atoms with Crippen LogP contribution in [0.3, 0.4) is 0 Å². The maximum absolute atomic E-state index is 12.1. The molecule has 2 aromatic rings. The van der Waals surface area contributed by atoms with Gasteiger partial charge in [0.2, 0.25) is 0 Å². The molecule has 6 heteroatoms. The molecule has 4 nitrogen and oxygen atoms in total. The molecule has 1 heterocycles. The van der Waals surface area contributed by atoms with Gasteiger partial charge >= 0.3 is 5.30 Å². The zero-order valence-electron chi connectivity index (χ0n) is 13.2. The summed E-state index contributed by atoms with van der Waals surface area (Å²) in [6, 6.07) is 7.57. The number of ether oxygens (including phenoxy) is 1. The molecule has 0 fully saturated rings. The first kappa shape index (κ1) is 17.9. The zero-order valence-corrected chi connectivity index (χ0v) is 14.7. The maximum atomic E-state index is 12.1. The number of unbranched alkanes of at least 4 members (excludes halogenated alkanes) is 2. The van der Waals surface area contributed by atoms with Gasteiger partial charge in [0.05, 0.1) is 18.2 Å². The van der Waals surface area contributed by atoms with Crippen LogP contribution in [0.2, 0.25) is 5.02 Å². The highest BCUT2D eigenvalue weighted by Gasteiger charge is 2.18. The van der Waals surface area contributed by atoms with Crippen molar-refractivity contribution in [2.45, 2.75) is 38.0 Å². The number of rotatable bonds is 8. The molecule has 0 spiro atoms. The molecule has 0 saturated carbocycles. The van der Waals surface area contributed by atoms with Crippen LogP contribution in [0.5, 0.6) is 0 Å². The molecule has 0 aliphatic carbocycles. The summed E-state index contributed by atoms with van der Waals surface area (Å²) >= 11 is 7.16. The van der Waals surface area contributed by atoms with Gasteiger partial charge in [-0.15, -0.1) is 0 Å². The monoisotopic (exact) mass is 352 g/mol. The molecule has 23 heavy (non-hydrogen) atoms. The Hall–Kier alpha value is -1.46. The van der Waals surface area contributed by atoms with E-state index in [9.17, 15) is 4.79 Å². The predicted molar refractivity (Wildman–Crippen MR) is 94.9 cm³/mol. The van der Waals surface area contributed by atoms with E-state index in [1.165, 1.54) is 11.8 Å². The van der Waals surface area contributed by atoms with E-state index in [0.717, 1.165) is 24.8 Å². The van der Waals surface area contributed by atoms with Gasteiger partial charge in [-0.25, -0.2) is 9.78 Å². The van der Waals surface area contributed by atoms with Crippen LogP contribution in [-0.4, -0.2) is 21.5 Å². The Balaban J connectivity index is 1.98. The zero-order chi connectivity index (χ0) is 16.5. The molecule has 2 rings (SSSR count). The van der Waals surface area contributed by atoms with E-state index in [4.69, 9.17) is 16.3 Å². The second-order valence-electron chi connectivity index (χ2n) is 5.22. The highest BCUT2D eigenvalue weighted by atomic mass is 35.5. The van der Waals surface area contributed by atoms with Crippen molar-refractivity contribution >= 4 is 28.7 Å². The summed E-state index contributed by atoms with van der Waals surface area (Å²) in [5, 5.41) is 0.406. The first-order valence-electron chi connectivity index (χ1n) is 7.73. The van der Waals surface area contributed by atoms with Gasteiger partial charge in [0.1, 0.15) is 0 Å². The van der Waals surface area contributed by atoms with Gasteiger partial charge in [-0.2, -0.15) is 0 Å². The summed E-state index contributed by atoms with van der Waals surface area (Å²) in [6.07, 6.45) is 8.46. The smallest absolute Gasteiger partial charge is 0.367 e. The van der Waals surface area contributed by atoms with Crippen LogP contribution in [0.25, 0.3) is 0 Å². The van der Waals surface area contributed by atoms with Crippen LogP contribution in [0.1, 0.15) is 37.0 Å². The standard InChI is InChI=1S/C17H21ClN2O2S/c1-2-3-4-11-22-17(21)23-16(12-20-10-9-19-13-20)14-5-7-15(18)8-6-14/h5-10,13,16H,2-4,11-12H2,1H3. The van der Waals surface area contributed by atoms with Crippen LogP contribution >= 0.6 is 23.4 Å². The third-order valence-electron chi connectivity index (χ3n) is 3.38. The number of carbonyl (C=O) groups is 1. The number of benzene rings is 1. The van der Waals surface area contributed by atoms with E-state index in [2.05, 4.69) is 11.9 Å². The Bertz CT molecular complexity index is 587. The molecular formula is C17H21ClN2O2S. The Kier molecular flexibility index (Phi) is 7.49.